The molecule has 0 unspecified atom stereocenters. The fraction of sp³-hybridized carbons (Fsp3) is 0.571. The van der Waals surface area contributed by atoms with Crippen LogP contribution in [0.1, 0.15) is 6.42 Å². The lowest BCUT2D eigenvalue weighted by molar-refractivity contribution is 0.151. The Morgan fingerprint density at radius 2 is 2.00 bits per heavy atom. The molecule has 2 aromatic heterocycles. The molecule has 2 aromatic rings. The van der Waals surface area contributed by atoms with E-state index in [4.69, 9.17) is 5.73 Å². The van der Waals surface area contributed by atoms with E-state index < -0.39 is 0 Å². The minimum atomic E-state index is 0.571. The van der Waals surface area contributed by atoms with Gasteiger partial charge in [-0.15, -0.1) is 0 Å². The van der Waals surface area contributed by atoms with E-state index in [1.165, 1.54) is 26.2 Å². The van der Waals surface area contributed by atoms with E-state index in [-0.39, 0.29) is 0 Å². The molecule has 1 aliphatic heterocycles. The van der Waals surface area contributed by atoms with Crippen LogP contribution in [0.25, 0.3) is 10.9 Å². The summed E-state index contributed by atoms with van der Waals surface area (Å²) in [6.45, 7) is 6.74. The second-order valence-electron chi connectivity index (χ2n) is 5.60. The molecular weight excluding hydrogens is 379 g/mol. The number of hydrogen-bond donors (Lipinski definition) is 1. The topological polar surface area (TPSA) is 63.2 Å². The molecule has 0 amide bonds. The molecule has 0 bridgehead atoms. The highest BCUT2D eigenvalue weighted by atomic mass is 127. The molecule has 0 saturated carbocycles. The first kappa shape index (κ1) is 15.0. The molecule has 0 radical (unpaired) electrons. The van der Waals surface area contributed by atoms with Crippen molar-refractivity contribution >= 4 is 39.3 Å². The maximum absolute atomic E-state index is 5.95. The van der Waals surface area contributed by atoms with Crippen molar-refractivity contribution in [3.63, 3.8) is 0 Å². The van der Waals surface area contributed by atoms with Crippen LogP contribution in [0.15, 0.2) is 12.3 Å². The molecule has 0 spiro atoms. The van der Waals surface area contributed by atoms with Gasteiger partial charge in [0.1, 0.15) is 9.52 Å². The average molecular weight is 400 g/mol. The number of fused-ring (bicyclic) bond motifs is 1. The fourth-order valence-electron chi connectivity index (χ4n) is 2.79. The van der Waals surface area contributed by atoms with Gasteiger partial charge in [0.05, 0.1) is 10.9 Å². The van der Waals surface area contributed by atoms with E-state index in [0.717, 1.165) is 34.1 Å². The van der Waals surface area contributed by atoms with Gasteiger partial charge in [-0.05, 0) is 48.7 Å². The van der Waals surface area contributed by atoms with Gasteiger partial charge in [0.15, 0.2) is 0 Å². The largest absolute Gasteiger partial charge is 0.383 e. The normalized spacial score (nSPS) is 17.6. The van der Waals surface area contributed by atoms with Gasteiger partial charge in [-0.25, -0.2) is 4.98 Å². The Hall–Kier alpha value is -0.930. The molecule has 3 heterocycles. The van der Waals surface area contributed by atoms with Gasteiger partial charge >= 0.3 is 0 Å². The number of nitrogen functional groups attached to an aromatic ring is 1. The van der Waals surface area contributed by atoms with Crippen molar-refractivity contribution in [1.29, 1.82) is 0 Å². The number of rotatable bonds is 4. The van der Waals surface area contributed by atoms with Gasteiger partial charge in [0.25, 0.3) is 0 Å². The van der Waals surface area contributed by atoms with Crippen molar-refractivity contribution in [3.8, 4) is 0 Å². The molecule has 21 heavy (non-hydrogen) atoms. The fourth-order valence-corrected chi connectivity index (χ4v) is 3.60. The van der Waals surface area contributed by atoms with Crippen molar-refractivity contribution < 1.29 is 0 Å². The SMILES string of the molecule is CN1CCN(CCCn2nc(I)c3c(N)nccc32)CC1. The van der Waals surface area contributed by atoms with Crippen LogP contribution in [0.3, 0.4) is 0 Å². The van der Waals surface area contributed by atoms with Crippen LogP contribution in [-0.4, -0.2) is 64.3 Å². The summed E-state index contributed by atoms with van der Waals surface area (Å²) in [6.07, 6.45) is 2.87. The Balaban J connectivity index is 1.62. The van der Waals surface area contributed by atoms with Crippen molar-refractivity contribution in [2.75, 3.05) is 45.5 Å². The van der Waals surface area contributed by atoms with Gasteiger partial charge in [-0.2, -0.15) is 5.10 Å². The number of pyridine rings is 1. The van der Waals surface area contributed by atoms with E-state index >= 15 is 0 Å². The Morgan fingerprint density at radius 1 is 1.24 bits per heavy atom. The molecule has 2 N–H and O–H groups in total. The van der Waals surface area contributed by atoms with Crippen LogP contribution in [0.4, 0.5) is 5.82 Å². The number of hydrogen-bond acceptors (Lipinski definition) is 5. The number of likely N-dealkylation sites (N-methyl/N-ethyl adjacent to an activating group) is 1. The number of nitrogens with zero attached hydrogens (tertiary/aromatic N) is 5. The number of aryl methyl sites for hydroxylation is 1. The van der Waals surface area contributed by atoms with Crippen molar-refractivity contribution in [2.45, 2.75) is 13.0 Å². The zero-order chi connectivity index (χ0) is 14.8. The summed E-state index contributed by atoms with van der Waals surface area (Å²) in [7, 11) is 2.19. The maximum atomic E-state index is 5.95. The van der Waals surface area contributed by atoms with Gasteiger partial charge < -0.3 is 15.5 Å². The lowest BCUT2D eigenvalue weighted by atomic mass is 10.3. The summed E-state index contributed by atoms with van der Waals surface area (Å²) in [5, 5.41) is 5.59. The van der Waals surface area contributed by atoms with Crippen LogP contribution in [-0.2, 0) is 6.54 Å². The minimum absolute atomic E-state index is 0.571. The van der Waals surface area contributed by atoms with E-state index in [0.29, 0.717) is 5.82 Å². The lowest BCUT2D eigenvalue weighted by Crippen LogP contribution is -2.44. The first-order valence-corrected chi connectivity index (χ1v) is 8.40. The Bertz CT molecular complexity index is 617. The summed E-state index contributed by atoms with van der Waals surface area (Å²) in [5.41, 5.74) is 7.04. The van der Waals surface area contributed by atoms with Crippen molar-refractivity contribution in [1.82, 2.24) is 24.6 Å². The van der Waals surface area contributed by atoms with Gasteiger partial charge in [-0.1, -0.05) is 0 Å². The molecule has 1 aliphatic rings. The lowest BCUT2D eigenvalue weighted by Gasteiger charge is -2.32. The number of anilines is 1. The number of aromatic nitrogens is 3. The summed E-state index contributed by atoms with van der Waals surface area (Å²) in [6, 6.07) is 2.00. The first-order valence-electron chi connectivity index (χ1n) is 7.32. The molecule has 7 heteroatoms. The molecule has 1 saturated heterocycles. The summed E-state index contributed by atoms with van der Waals surface area (Å²) >= 11 is 2.23. The summed E-state index contributed by atoms with van der Waals surface area (Å²) in [5.74, 6) is 0.571. The molecule has 0 aliphatic carbocycles. The van der Waals surface area contributed by atoms with Gasteiger partial charge in [0, 0.05) is 38.9 Å². The third kappa shape index (κ3) is 3.29. The highest BCUT2D eigenvalue weighted by Gasteiger charge is 2.14. The number of piperazine rings is 1. The molecule has 114 valence electrons. The maximum Gasteiger partial charge on any atom is 0.135 e. The van der Waals surface area contributed by atoms with Crippen LogP contribution < -0.4 is 5.73 Å². The smallest absolute Gasteiger partial charge is 0.135 e. The summed E-state index contributed by atoms with van der Waals surface area (Å²) < 4.78 is 3.00. The third-order valence-corrected chi connectivity index (χ3v) is 4.85. The predicted molar refractivity (Wildman–Crippen MR) is 93.2 cm³/mol. The molecule has 1 fully saturated rings. The molecule has 0 aromatic carbocycles. The van der Waals surface area contributed by atoms with Crippen molar-refractivity contribution in [3.05, 3.63) is 16.0 Å². The predicted octanol–water partition coefficient (Wildman–Crippen LogP) is 1.26. The average Bonchev–Trinajstić information content (AvgIpc) is 2.79. The minimum Gasteiger partial charge on any atom is -0.383 e. The van der Waals surface area contributed by atoms with E-state index in [1.807, 2.05) is 6.07 Å². The van der Waals surface area contributed by atoms with Crippen LogP contribution in [0.5, 0.6) is 0 Å². The van der Waals surface area contributed by atoms with Gasteiger partial charge in [0.2, 0.25) is 0 Å². The number of nitrogens with two attached hydrogens (primary N) is 1. The second kappa shape index (κ2) is 6.45. The molecular formula is C14H21IN6. The molecule has 0 atom stereocenters. The highest BCUT2D eigenvalue weighted by Crippen LogP contribution is 2.24. The van der Waals surface area contributed by atoms with Crippen molar-refractivity contribution in [2.24, 2.45) is 0 Å². The quantitative estimate of drug-likeness (QED) is 0.784. The van der Waals surface area contributed by atoms with Crippen LogP contribution in [0, 0.1) is 3.70 Å². The zero-order valence-electron chi connectivity index (χ0n) is 12.3. The second-order valence-corrected chi connectivity index (χ2v) is 6.62. The zero-order valence-corrected chi connectivity index (χ0v) is 14.5. The van der Waals surface area contributed by atoms with Crippen LogP contribution in [0.2, 0.25) is 0 Å². The molecule has 3 rings (SSSR count). The van der Waals surface area contributed by atoms with Crippen LogP contribution >= 0.6 is 22.6 Å². The van der Waals surface area contributed by atoms with E-state index in [9.17, 15) is 0 Å². The first-order chi connectivity index (χ1) is 10.1. The van der Waals surface area contributed by atoms with E-state index in [2.05, 4.69) is 54.2 Å². The standard InChI is InChI=1S/C14H21IN6/c1-19-7-9-20(10-8-19)5-2-6-21-11-3-4-17-14(16)12(11)13(15)18-21/h3-4H,2,5-10H2,1H3,(H2,16,17). The number of halogens is 1. The Kier molecular flexibility index (Phi) is 4.60. The van der Waals surface area contributed by atoms with E-state index in [1.54, 1.807) is 6.20 Å². The van der Waals surface area contributed by atoms with Gasteiger partial charge in [-0.3, -0.25) is 4.68 Å². The highest BCUT2D eigenvalue weighted by molar-refractivity contribution is 14.1. The summed E-state index contributed by atoms with van der Waals surface area (Å²) in [4.78, 5) is 9.07. The molecule has 6 nitrogen and oxygen atoms in total. The Labute approximate surface area is 138 Å². The monoisotopic (exact) mass is 400 g/mol. The Morgan fingerprint density at radius 3 is 2.76 bits per heavy atom. The third-order valence-electron chi connectivity index (χ3n) is 4.09.